The fraction of sp³-hybridized carbons (Fsp3) is 0.238. The monoisotopic (exact) mass is 430 g/mol. The predicted octanol–water partition coefficient (Wildman–Crippen LogP) is 2.84. The molecule has 0 aliphatic rings. The van der Waals surface area contributed by atoms with Crippen molar-refractivity contribution in [2.24, 2.45) is 5.92 Å². The number of nitrogens with one attached hydrogen (secondary N) is 3. The van der Waals surface area contributed by atoms with E-state index < -0.39 is 32.7 Å². The van der Waals surface area contributed by atoms with Gasteiger partial charge in [0.15, 0.2) is 0 Å². The zero-order valence-corrected chi connectivity index (χ0v) is 17.4. The number of benzene rings is 2. The van der Waals surface area contributed by atoms with Crippen molar-refractivity contribution < 1.29 is 17.6 Å². The van der Waals surface area contributed by atoms with Crippen molar-refractivity contribution >= 4 is 15.9 Å². The standard InChI is InChI=1S/C21H23FN4O3S/c1-14(2)20(26-30(28,29)19-6-4-3-5-17(19)22)21(27)23-13-15-7-9-16(10-8-15)18-11-12-24-25-18/h3-12,14,20,26H,13H2,1-2H3,(H,23,27)(H,24,25)/t20-/m0/s1. The molecule has 0 aliphatic heterocycles. The highest BCUT2D eigenvalue weighted by Crippen LogP contribution is 2.17. The maximum atomic E-state index is 13.9. The molecule has 7 nitrogen and oxygen atoms in total. The SMILES string of the molecule is CC(C)[C@H](NS(=O)(=O)c1ccccc1F)C(=O)NCc1ccc(-c2ccn[nH]2)cc1. The average Bonchev–Trinajstić information content (AvgIpc) is 3.25. The normalized spacial score (nSPS) is 12.7. The number of halogens is 1. The van der Waals surface area contributed by atoms with Crippen molar-refractivity contribution in [2.45, 2.75) is 31.3 Å². The quantitative estimate of drug-likeness (QED) is 0.511. The van der Waals surface area contributed by atoms with Crippen molar-refractivity contribution in [3.05, 3.63) is 72.2 Å². The van der Waals surface area contributed by atoms with Gasteiger partial charge in [-0.1, -0.05) is 50.2 Å². The predicted molar refractivity (Wildman–Crippen MR) is 111 cm³/mol. The van der Waals surface area contributed by atoms with Crippen molar-refractivity contribution in [3.8, 4) is 11.3 Å². The first-order chi connectivity index (χ1) is 14.3. The minimum Gasteiger partial charge on any atom is -0.351 e. The number of rotatable bonds is 8. The first-order valence-electron chi connectivity index (χ1n) is 9.41. The lowest BCUT2D eigenvalue weighted by Crippen LogP contribution is -2.49. The fourth-order valence-electron chi connectivity index (χ4n) is 2.90. The molecule has 0 saturated heterocycles. The summed E-state index contributed by atoms with van der Waals surface area (Å²) in [6.07, 6.45) is 1.66. The Morgan fingerprint density at radius 1 is 1.10 bits per heavy atom. The van der Waals surface area contributed by atoms with Gasteiger partial charge in [0, 0.05) is 12.7 Å². The third-order valence-corrected chi connectivity index (χ3v) is 6.06. The number of carbonyl (C=O) groups excluding carboxylic acids is 1. The third-order valence-electron chi connectivity index (χ3n) is 4.59. The number of aromatic nitrogens is 2. The summed E-state index contributed by atoms with van der Waals surface area (Å²) in [5.41, 5.74) is 2.69. The van der Waals surface area contributed by atoms with Crippen molar-refractivity contribution in [1.29, 1.82) is 0 Å². The lowest BCUT2D eigenvalue weighted by atomic mass is 10.0. The molecule has 158 valence electrons. The van der Waals surface area contributed by atoms with E-state index in [1.165, 1.54) is 12.1 Å². The van der Waals surface area contributed by atoms with Gasteiger partial charge in [0.2, 0.25) is 15.9 Å². The summed E-state index contributed by atoms with van der Waals surface area (Å²) in [5.74, 6) is -1.69. The molecule has 9 heteroatoms. The van der Waals surface area contributed by atoms with Crippen LogP contribution in [-0.2, 0) is 21.4 Å². The van der Waals surface area contributed by atoms with Crippen LogP contribution in [0.25, 0.3) is 11.3 Å². The summed E-state index contributed by atoms with van der Waals surface area (Å²) < 4.78 is 41.4. The molecule has 0 saturated carbocycles. The Bertz CT molecular complexity index is 1100. The summed E-state index contributed by atoms with van der Waals surface area (Å²) in [5, 5.41) is 9.53. The molecule has 3 N–H and O–H groups in total. The van der Waals surface area contributed by atoms with Crippen LogP contribution in [0.1, 0.15) is 19.4 Å². The number of carbonyl (C=O) groups is 1. The van der Waals surface area contributed by atoms with Gasteiger partial charge >= 0.3 is 0 Å². The Morgan fingerprint density at radius 2 is 1.80 bits per heavy atom. The van der Waals surface area contributed by atoms with Crippen LogP contribution >= 0.6 is 0 Å². The lowest BCUT2D eigenvalue weighted by molar-refractivity contribution is -0.123. The van der Waals surface area contributed by atoms with Gasteiger partial charge in [-0.3, -0.25) is 9.89 Å². The second-order valence-corrected chi connectivity index (χ2v) is 8.84. The summed E-state index contributed by atoms with van der Waals surface area (Å²) >= 11 is 0. The van der Waals surface area contributed by atoms with Gasteiger partial charge in [-0.05, 0) is 35.2 Å². The first kappa shape index (κ1) is 21.7. The van der Waals surface area contributed by atoms with E-state index in [2.05, 4.69) is 20.2 Å². The Balaban J connectivity index is 1.66. The van der Waals surface area contributed by atoms with Gasteiger partial charge in [-0.2, -0.15) is 9.82 Å². The zero-order valence-electron chi connectivity index (χ0n) is 16.6. The fourth-order valence-corrected chi connectivity index (χ4v) is 4.33. The minimum absolute atomic E-state index is 0.229. The smallest absolute Gasteiger partial charge is 0.244 e. The molecular weight excluding hydrogens is 407 g/mol. The number of nitrogens with zero attached hydrogens (tertiary/aromatic N) is 1. The van der Waals surface area contributed by atoms with Gasteiger partial charge in [0.25, 0.3) is 0 Å². The topological polar surface area (TPSA) is 104 Å². The van der Waals surface area contributed by atoms with E-state index in [0.29, 0.717) is 0 Å². The average molecular weight is 431 g/mol. The molecular formula is C21H23FN4O3S. The molecule has 1 amide bonds. The van der Waals surface area contributed by atoms with Crippen molar-refractivity contribution in [1.82, 2.24) is 20.2 Å². The maximum Gasteiger partial charge on any atom is 0.244 e. The van der Waals surface area contributed by atoms with Crippen LogP contribution in [0, 0.1) is 11.7 Å². The molecule has 1 heterocycles. The van der Waals surface area contributed by atoms with Crippen LogP contribution in [0.4, 0.5) is 4.39 Å². The molecule has 3 rings (SSSR count). The van der Waals surface area contributed by atoms with E-state index in [1.807, 2.05) is 30.3 Å². The molecule has 1 atom stereocenters. The maximum absolute atomic E-state index is 13.9. The molecule has 2 aromatic carbocycles. The number of sulfonamides is 1. The highest BCUT2D eigenvalue weighted by molar-refractivity contribution is 7.89. The summed E-state index contributed by atoms with van der Waals surface area (Å²) in [4.78, 5) is 12.2. The molecule has 0 aliphatic carbocycles. The first-order valence-corrected chi connectivity index (χ1v) is 10.9. The van der Waals surface area contributed by atoms with Crippen LogP contribution < -0.4 is 10.0 Å². The molecule has 30 heavy (non-hydrogen) atoms. The summed E-state index contributed by atoms with van der Waals surface area (Å²) in [7, 11) is -4.19. The molecule has 0 bridgehead atoms. The second kappa shape index (κ2) is 9.19. The molecule has 3 aromatic rings. The number of aromatic amines is 1. The van der Waals surface area contributed by atoms with Crippen LogP contribution in [0.15, 0.2) is 65.7 Å². The largest absolute Gasteiger partial charge is 0.351 e. The van der Waals surface area contributed by atoms with Gasteiger partial charge in [-0.15, -0.1) is 0 Å². The van der Waals surface area contributed by atoms with E-state index in [0.717, 1.165) is 29.0 Å². The van der Waals surface area contributed by atoms with Crippen LogP contribution in [0.3, 0.4) is 0 Å². The third kappa shape index (κ3) is 5.11. The van der Waals surface area contributed by atoms with Gasteiger partial charge < -0.3 is 5.32 Å². The summed E-state index contributed by atoms with van der Waals surface area (Å²) in [6.45, 7) is 3.66. The molecule has 0 fully saturated rings. The minimum atomic E-state index is -4.19. The van der Waals surface area contributed by atoms with Crippen LogP contribution in [-0.4, -0.2) is 30.6 Å². The molecule has 0 spiro atoms. The molecule has 0 unspecified atom stereocenters. The number of amides is 1. The van der Waals surface area contributed by atoms with E-state index in [1.54, 1.807) is 20.0 Å². The lowest BCUT2D eigenvalue weighted by Gasteiger charge is -2.22. The Hall–Kier alpha value is -3.04. The van der Waals surface area contributed by atoms with Gasteiger partial charge in [0.05, 0.1) is 5.69 Å². The van der Waals surface area contributed by atoms with E-state index in [-0.39, 0.29) is 12.5 Å². The molecule has 0 radical (unpaired) electrons. The van der Waals surface area contributed by atoms with Gasteiger partial charge in [-0.25, -0.2) is 12.8 Å². The highest BCUT2D eigenvalue weighted by Gasteiger charge is 2.29. The van der Waals surface area contributed by atoms with E-state index >= 15 is 0 Å². The second-order valence-electron chi connectivity index (χ2n) is 7.16. The van der Waals surface area contributed by atoms with Crippen LogP contribution in [0.2, 0.25) is 0 Å². The zero-order chi connectivity index (χ0) is 21.7. The highest BCUT2D eigenvalue weighted by atomic mass is 32.2. The Kier molecular flexibility index (Phi) is 6.63. The van der Waals surface area contributed by atoms with Crippen LogP contribution in [0.5, 0.6) is 0 Å². The van der Waals surface area contributed by atoms with E-state index in [4.69, 9.17) is 0 Å². The van der Waals surface area contributed by atoms with Gasteiger partial charge in [0.1, 0.15) is 16.8 Å². The molecule has 1 aromatic heterocycles. The Labute approximate surface area is 174 Å². The number of H-pyrrole nitrogens is 1. The Morgan fingerprint density at radius 3 is 2.40 bits per heavy atom. The number of hydrogen-bond acceptors (Lipinski definition) is 4. The number of hydrogen-bond donors (Lipinski definition) is 3. The van der Waals surface area contributed by atoms with E-state index in [9.17, 15) is 17.6 Å². The van der Waals surface area contributed by atoms with Crippen molar-refractivity contribution in [3.63, 3.8) is 0 Å². The van der Waals surface area contributed by atoms with Crippen molar-refractivity contribution in [2.75, 3.05) is 0 Å². The summed E-state index contributed by atoms with van der Waals surface area (Å²) in [6, 6.07) is 13.4.